The van der Waals surface area contributed by atoms with Crippen LogP contribution >= 0.6 is 0 Å². The number of methoxy groups -OCH3 is 1. The molecule has 6 heteroatoms. The van der Waals surface area contributed by atoms with Crippen LogP contribution in [-0.4, -0.2) is 34.7 Å². The van der Waals surface area contributed by atoms with E-state index in [2.05, 4.69) is 9.97 Å². The number of nitrogens with zero attached hydrogens (tertiary/aromatic N) is 2. The Hall–Kier alpha value is -3.54. The zero-order chi connectivity index (χ0) is 22.1. The molecule has 3 aromatic rings. The molecule has 1 fully saturated rings. The normalized spacial score (nSPS) is 20.4. The number of carbonyl (C=O) groups excluding carboxylic acids is 2. The third kappa shape index (κ3) is 3.27. The van der Waals surface area contributed by atoms with Gasteiger partial charge in [0, 0.05) is 35.9 Å². The standard InChI is InChI=1S/C26H24N2O4/c1-31-22-7-6-18(14-23(22)32-19-4-2-3-5-19)26(15-17-8-11-27-12-9-17)24(29)20-10-13-28-16-21(20)25(26)30/h6-14,16,19H,2-5,15H2,1H3. The fourth-order valence-corrected chi connectivity index (χ4v) is 4.89. The summed E-state index contributed by atoms with van der Waals surface area (Å²) in [6.07, 6.45) is 11.0. The lowest BCUT2D eigenvalue weighted by atomic mass is 9.71. The van der Waals surface area contributed by atoms with Gasteiger partial charge in [-0.05, 0) is 73.6 Å². The zero-order valence-electron chi connectivity index (χ0n) is 17.9. The van der Waals surface area contributed by atoms with Crippen molar-refractivity contribution in [2.45, 2.75) is 43.6 Å². The summed E-state index contributed by atoms with van der Waals surface area (Å²) in [5.74, 6) is 0.713. The number of aromatic nitrogens is 2. The largest absolute Gasteiger partial charge is 0.493 e. The highest BCUT2D eigenvalue weighted by atomic mass is 16.5. The molecule has 32 heavy (non-hydrogen) atoms. The van der Waals surface area contributed by atoms with Gasteiger partial charge in [-0.2, -0.15) is 0 Å². The first kappa shape index (κ1) is 20.4. The van der Waals surface area contributed by atoms with Crippen molar-refractivity contribution >= 4 is 11.6 Å². The molecule has 5 rings (SSSR count). The third-order valence-corrected chi connectivity index (χ3v) is 6.56. The third-order valence-electron chi connectivity index (χ3n) is 6.56. The van der Waals surface area contributed by atoms with Gasteiger partial charge in [-0.3, -0.25) is 19.6 Å². The first-order valence-corrected chi connectivity index (χ1v) is 10.9. The quantitative estimate of drug-likeness (QED) is 0.543. The van der Waals surface area contributed by atoms with E-state index in [1.54, 1.807) is 43.9 Å². The van der Waals surface area contributed by atoms with E-state index >= 15 is 0 Å². The monoisotopic (exact) mass is 428 g/mol. The van der Waals surface area contributed by atoms with E-state index in [9.17, 15) is 9.59 Å². The van der Waals surface area contributed by atoms with Crippen LogP contribution in [0.4, 0.5) is 0 Å². The fourth-order valence-electron chi connectivity index (χ4n) is 4.89. The first-order valence-electron chi connectivity index (χ1n) is 10.9. The van der Waals surface area contributed by atoms with Crippen LogP contribution in [0.3, 0.4) is 0 Å². The molecule has 0 aliphatic heterocycles. The van der Waals surface area contributed by atoms with E-state index in [-0.39, 0.29) is 24.1 Å². The Morgan fingerprint density at radius 2 is 1.62 bits per heavy atom. The van der Waals surface area contributed by atoms with Crippen molar-refractivity contribution in [2.75, 3.05) is 7.11 Å². The van der Waals surface area contributed by atoms with Gasteiger partial charge < -0.3 is 9.47 Å². The topological polar surface area (TPSA) is 78.4 Å². The van der Waals surface area contributed by atoms with Gasteiger partial charge >= 0.3 is 0 Å². The number of hydrogen-bond acceptors (Lipinski definition) is 6. The van der Waals surface area contributed by atoms with Gasteiger partial charge in [0.25, 0.3) is 0 Å². The van der Waals surface area contributed by atoms with Gasteiger partial charge in [0.2, 0.25) is 0 Å². The zero-order valence-corrected chi connectivity index (χ0v) is 17.9. The number of rotatable bonds is 6. The smallest absolute Gasteiger partial charge is 0.183 e. The summed E-state index contributed by atoms with van der Waals surface area (Å²) in [5.41, 5.74) is 0.854. The number of pyridine rings is 2. The van der Waals surface area contributed by atoms with Crippen LogP contribution in [0.15, 0.2) is 61.2 Å². The molecule has 2 aliphatic rings. The summed E-state index contributed by atoms with van der Waals surface area (Å²) < 4.78 is 11.8. The maximum atomic E-state index is 13.8. The molecule has 1 saturated carbocycles. The van der Waals surface area contributed by atoms with E-state index in [0.29, 0.717) is 28.2 Å². The number of ketones is 2. The highest BCUT2D eigenvalue weighted by molar-refractivity contribution is 6.33. The first-order chi connectivity index (χ1) is 15.6. The maximum absolute atomic E-state index is 13.8. The summed E-state index contributed by atoms with van der Waals surface area (Å²) in [4.78, 5) is 35.8. The van der Waals surface area contributed by atoms with Crippen LogP contribution in [0, 0.1) is 0 Å². The summed E-state index contributed by atoms with van der Waals surface area (Å²) in [7, 11) is 1.59. The average molecular weight is 428 g/mol. The Balaban J connectivity index is 1.65. The molecule has 6 nitrogen and oxygen atoms in total. The Morgan fingerprint density at radius 1 is 0.906 bits per heavy atom. The van der Waals surface area contributed by atoms with Crippen LogP contribution < -0.4 is 9.47 Å². The SMILES string of the molecule is COc1ccc(C2(Cc3ccncc3)C(=O)c3ccncc3C2=O)cc1OC1CCCC1. The summed E-state index contributed by atoms with van der Waals surface area (Å²) >= 11 is 0. The Bertz CT molecular complexity index is 1130. The van der Waals surface area contributed by atoms with Gasteiger partial charge in [-0.25, -0.2) is 0 Å². The number of hydrogen-bond donors (Lipinski definition) is 0. The lowest BCUT2D eigenvalue weighted by molar-refractivity contribution is 0.0792. The van der Waals surface area contributed by atoms with Crippen LogP contribution in [-0.2, 0) is 11.8 Å². The van der Waals surface area contributed by atoms with Crippen LogP contribution in [0.1, 0.15) is 57.5 Å². The molecule has 0 saturated heterocycles. The van der Waals surface area contributed by atoms with Crippen molar-refractivity contribution in [1.82, 2.24) is 9.97 Å². The average Bonchev–Trinajstić information content (AvgIpc) is 3.42. The van der Waals surface area contributed by atoms with E-state index in [1.165, 1.54) is 6.20 Å². The Labute approximate surface area is 186 Å². The number of carbonyl (C=O) groups is 2. The molecule has 2 aliphatic carbocycles. The number of benzene rings is 1. The minimum atomic E-state index is -1.38. The highest BCUT2D eigenvalue weighted by Gasteiger charge is 2.54. The van der Waals surface area contributed by atoms with Crippen LogP contribution in [0.2, 0.25) is 0 Å². The molecule has 1 atom stereocenters. The minimum Gasteiger partial charge on any atom is -0.493 e. The van der Waals surface area contributed by atoms with Gasteiger partial charge in [0.1, 0.15) is 5.41 Å². The second-order valence-corrected chi connectivity index (χ2v) is 8.41. The van der Waals surface area contributed by atoms with E-state index in [1.807, 2.05) is 18.2 Å². The summed E-state index contributed by atoms with van der Waals surface area (Å²) in [6.45, 7) is 0. The van der Waals surface area contributed by atoms with Gasteiger partial charge in [0.15, 0.2) is 23.1 Å². The molecular weight excluding hydrogens is 404 g/mol. The van der Waals surface area contributed by atoms with Crippen molar-refractivity contribution in [1.29, 1.82) is 0 Å². The Morgan fingerprint density at radius 3 is 2.34 bits per heavy atom. The molecule has 1 aromatic carbocycles. The van der Waals surface area contributed by atoms with Crippen molar-refractivity contribution in [3.8, 4) is 11.5 Å². The predicted molar refractivity (Wildman–Crippen MR) is 118 cm³/mol. The molecule has 1 unspecified atom stereocenters. The molecular formula is C26H24N2O4. The number of fused-ring (bicyclic) bond motifs is 1. The van der Waals surface area contributed by atoms with Gasteiger partial charge in [-0.15, -0.1) is 0 Å². The second-order valence-electron chi connectivity index (χ2n) is 8.41. The van der Waals surface area contributed by atoms with Crippen molar-refractivity contribution in [3.05, 3.63) is 83.4 Å². The molecule has 2 heterocycles. The lowest BCUT2D eigenvalue weighted by Crippen LogP contribution is -2.40. The van der Waals surface area contributed by atoms with Crippen molar-refractivity contribution < 1.29 is 19.1 Å². The molecule has 2 aromatic heterocycles. The van der Waals surface area contributed by atoms with E-state index in [0.717, 1.165) is 31.2 Å². The van der Waals surface area contributed by atoms with Gasteiger partial charge in [-0.1, -0.05) is 6.07 Å². The molecule has 162 valence electrons. The fraction of sp³-hybridized carbons (Fsp3) is 0.308. The summed E-state index contributed by atoms with van der Waals surface area (Å²) in [5, 5.41) is 0. The molecule has 0 radical (unpaired) electrons. The Kier molecular flexibility index (Phi) is 5.21. The van der Waals surface area contributed by atoms with Gasteiger partial charge in [0.05, 0.1) is 13.2 Å². The lowest BCUT2D eigenvalue weighted by Gasteiger charge is -2.28. The summed E-state index contributed by atoms with van der Waals surface area (Å²) in [6, 6.07) is 10.7. The van der Waals surface area contributed by atoms with E-state index in [4.69, 9.17) is 9.47 Å². The molecule has 0 spiro atoms. The minimum absolute atomic E-state index is 0.117. The maximum Gasteiger partial charge on any atom is 0.183 e. The molecule has 0 amide bonds. The van der Waals surface area contributed by atoms with Crippen molar-refractivity contribution in [3.63, 3.8) is 0 Å². The van der Waals surface area contributed by atoms with Crippen LogP contribution in [0.25, 0.3) is 0 Å². The van der Waals surface area contributed by atoms with Crippen molar-refractivity contribution in [2.24, 2.45) is 0 Å². The molecule has 0 N–H and O–H groups in total. The second kappa shape index (κ2) is 8.19. The van der Waals surface area contributed by atoms with Crippen LogP contribution in [0.5, 0.6) is 11.5 Å². The number of ether oxygens (including phenoxy) is 2. The molecule has 0 bridgehead atoms. The number of Topliss-reactive ketones (excluding diaryl/α,β-unsaturated/α-hetero) is 2. The van der Waals surface area contributed by atoms with E-state index < -0.39 is 5.41 Å². The predicted octanol–water partition coefficient (Wildman–Crippen LogP) is 4.37. The highest BCUT2D eigenvalue weighted by Crippen LogP contribution is 2.44.